The number of nitro benzene ring substituents is 1. The number of nitrogens with zero attached hydrogens (tertiary/aromatic N) is 3. The Bertz CT molecular complexity index is 727. The van der Waals surface area contributed by atoms with Crippen LogP contribution in [0, 0.1) is 27.3 Å². The van der Waals surface area contributed by atoms with Crippen molar-refractivity contribution in [1.82, 2.24) is 4.98 Å². The van der Waals surface area contributed by atoms with Crippen molar-refractivity contribution >= 4 is 11.4 Å². The van der Waals surface area contributed by atoms with Gasteiger partial charge in [0.2, 0.25) is 0 Å². The minimum atomic E-state index is -0.542. The maximum absolute atomic E-state index is 13.2. The Morgan fingerprint density at radius 3 is 2.81 bits per heavy atom. The van der Waals surface area contributed by atoms with Crippen LogP contribution < -0.4 is 5.32 Å². The molecule has 1 atom stereocenters. The molecule has 0 aliphatic rings. The SMILES string of the molecule is C[C@H](Nc1cc(C#N)ccc1[N+](=O)[O-])c1cncc(F)c1. The van der Waals surface area contributed by atoms with Crippen molar-refractivity contribution in [2.45, 2.75) is 13.0 Å². The predicted octanol–water partition coefficient (Wildman–Crippen LogP) is 3.17. The van der Waals surface area contributed by atoms with Crippen molar-refractivity contribution in [2.75, 3.05) is 5.32 Å². The van der Waals surface area contributed by atoms with Crippen LogP contribution in [0.3, 0.4) is 0 Å². The third-order valence-corrected chi connectivity index (χ3v) is 2.92. The van der Waals surface area contributed by atoms with Crippen molar-refractivity contribution in [3.05, 3.63) is 63.7 Å². The van der Waals surface area contributed by atoms with E-state index in [0.29, 0.717) is 11.1 Å². The third kappa shape index (κ3) is 3.30. The van der Waals surface area contributed by atoms with Gasteiger partial charge in [-0.3, -0.25) is 15.1 Å². The zero-order valence-corrected chi connectivity index (χ0v) is 11.1. The maximum atomic E-state index is 13.2. The summed E-state index contributed by atoms with van der Waals surface area (Å²) >= 11 is 0. The molecule has 0 aliphatic heterocycles. The topological polar surface area (TPSA) is 91.8 Å². The van der Waals surface area contributed by atoms with Crippen LogP contribution in [0.2, 0.25) is 0 Å². The number of nitrogens with one attached hydrogen (secondary N) is 1. The van der Waals surface area contributed by atoms with Crippen LogP contribution in [0.5, 0.6) is 0 Å². The van der Waals surface area contributed by atoms with Crippen LogP contribution in [-0.2, 0) is 0 Å². The molecule has 0 spiro atoms. The van der Waals surface area contributed by atoms with Gasteiger partial charge in [-0.05, 0) is 30.7 Å². The molecule has 21 heavy (non-hydrogen) atoms. The standard InChI is InChI=1S/C14H11FN4O2/c1-9(11-5-12(15)8-17-7-11)18-13-4-10(6-16)2-3-14(13)19(20)21/h2-5,7-9,18H,1H3/t9-/m0/s1. The second-order valence-electron chi connectivity index (χ2n) is 4.40. The predicted molar refractivity (Wildman–Crippen MR) is 74.0 cm³/mol. The van der Waals surface area contributed by atoms with E-state index in [9.17, 15) is 14.5 Å². The lowest BCUT2D eigenvalue weighted by molar-refractivity contribution is -0.384. The first kappa shape index (κ1) is 14.4. The lowest BCUT2D eigenvalue weighted by Gasteiger charge is -2.15. The second-order valence-corrected chi connectivity index (χ2v) is 4.40. The highest BCUT2D eigenvalue weighted by Gasteiger charge is 2.17. The smallest absolute Gasteiger partial charge is 0.292 e. The quantitative estimate of drug-likeness (QED) is 0.688. The fourth-order valence-corrected chi connectivity index (χ4v) is 1.86. The first-order valence-corrected chi connectivity index (χ1v) is 6.07. The number of hydrogen-bond donors (Lipinski definition) is 1. The Kier molecular flexibility index (Phi) is 4.09. The number of nitriles is 1. The van der Waals surface area contributed by atoms with E-state index in [0.717, 1.165) is 6.20 Å². The van der Waals surface area contributed by atoms with Gasteiger partial charge in [0.05, 0.1) is 28.8 Å². The van der Waals surface area contributed by atoms with E-state index in [-0.39, 0.29) is 11.4 Å². The monoisotopic (exact) mass is 286 g/mol. The van der Waals surface area contributed by atoms with Crippen LogP contribution in [0.1, 0.15) is 24.1 Å². The van der Waals surface area contributed by atoms with Gasteiger partial charge in [-0.2, -0.15) is 5.26 Å². The molecule has 1 heterocycles. The van der Waals surface area contributed by atoms with Gasteiger partial charge in [0, 0.05) is 12.3 Å². The van der Waals surface area contributed by atoms with Gasteiger partial charge >= 0.3 is 0 Å². The number of anilines is 1. The zero-order chi connectivity index (χ0) is 15.4. The Labute approximate surface area is 120 Å². The van der Waals surface area contributed by atoms with E-state index in [2.05, 4.69) is 10.3 Å². The number of rotatable bonds is 4. The molecule has 1 aromatic carbocycles. The molecule has 0 unspecified atom stereocenters. The van der Waals surface area contributed by atoms with Crippen LogP contribution in [0.25, 0.3) is 0 Å². The van der Waals surface area contributed by atoms with Crippen LogP contribution >= 0.6 is 0 Å². The molecule has 0 saturated heterocycles. The highest BCUT2D eigenvalue weighted by atomic mass is 19.1. The molecule has 0 aliphatic carbocycles. The van der Waals surface area contributed by atoms with E-state index < -0.39 is 16.8 Å². The molecular weight excluding hydrogens is 275 g/mol. The van der Waals surface area contributed by atoms with Crippen molar-refractivity contribution < 1.29 is 9.31 Å². The molecule has 0 radical (unpaired) electrons. The molecule has 7 heteroatoms. The van der Waals surface area contributed by atoms with E-state index in [1.165, 1.54) is 30.5 Å². The van der Waals surface area contributed by atoms with Crippen LogP contribution in [0.4, 0.5) is 15.8 Å². The Morgan fingerprint density at radius 2 is 2.19 bits per heavy atom. The molecule has 1 aromatic heterocycles. The summed E-state index contributed by atoms with van der Waals surface area (Å²) in [7, 11) is 0. The van der Waals surface area contributed by atoms with E-state index >= 15 is 0 Å². The normalized spacial score (nSPS) is 11.5. The summed E-state index contributed by atoms with van der Waals surface area (Å²) in [5.41, 5.74) is 0.903. The number of halogens is 1. The first-order valence-electron chi connectivity index (χ1n) is 6.07. The fraction of sp³-hybridized carbons (Fsp3) is 0.143. The zero-order valence-electron chi connectivity index (χ0n) is 11.1. The first-order chi connectivity index (χ1) is 10.0. The van der Waals surface area contributed by atoms with Gasteiger partial charge in [0.15, 0.2) is 0 Å². The summed E-state index contributed by atoms with van der Waals surface area (Å²) in [5, 5.41) is 22.8. The third-order valence-electron chi connectivity index (χ3n) is 2.92. The average Bonchev–Trinajstić information content (AvgIpc) is 2.46. The fourth-order valence-electron chi connectivity index (χ4n) is 1.86. The second kappa shape index (κ2) is 5.96. The number of benzene rings is 1. The minimum Gasteiger partial charge on any atom is -0.373 e. The summed E-state index contributed by atoms with van der Waals surface area (Å²) in [6, 6.07) is 6.84. The van der Waals surface area contributed by atoms with E-state index in [1.807, 2.05) is 6.07 Å². The highest BCUT2D eigenvalue weighted by molar-refractivity contribution is 5.65. The van der Waals surface area contributed by atoms with Crippen molar-refractivity contribution in [3.63, 3.8) is 0 Å². The van der Waals surface area contributed by atoms with Gasteiger partial charge in [-0.1, -0.05) is 0 Å². The van der Waals surface area contributed by atoms with Crippen molar-refractivity contribution in [2.24, 2.45) is 0 Å². The summed E-state index contributed by atoms with van der Waals surface area (Å²) in [4.78, 5) is 14.2. The summed E-state index contributed by atoms with van der Waals surface area (Å²) in [5.74, 6) is -0.485. The Hall–Kier alpha value is -3.01. The van der Waals surface area contributed by atoms with Gasteiger partial charge in [0.25, 0.3) is 5.69 Å². The van der Waals surface area contributed by atoms with Gasteiger partial charge in [-0.15, -0.1) is 0 Å². The van der Waals surface area contributed by atoms with Gasteiger partial charge in [0.1, 0.15) is 11.5 Å². The summed E-state index contributed by atoms with van der Waals surface area (Å²) < 4.78 is 13.2. The number of pyridine rings is 1. The molecule has 106 valence electrons. The Balaban J connectivity index is 2.34. The molecule has 6 nitrogen and oxygen atoms in total. The lowest BCUT2D eigenvalue weighted by atomic mass is 10.1. The average molecular weight is 286 g/mol. The molecular formula is C14H11FN4O2. The van der Waals surface area contributed by atoms with Gasteiger partial charge in [-0.25, -0.2) is 4.39 Å². The largest absolute Gasteiger partial charge is 0.373 e. The molecule has 0 amide bonds. The number of hydrogen-bond acceptors (Lipinski definition) is 5. The van der Waals surface area contributed by atoms with Gasteiger partial charge < -0.3 is 5.32 Å². The molecule has 0 saturated carbocycles. The van der Waals surface area contributed by atoms with Crippen LogP contribution in [0.15, 0.2) is 36.7 Å². The van der Waals surface area contributed by atoms with Crippen LogP contribution in [-0.4, -0.2) is 9.91 Å². The molecule has 2 rings (SSSR count). The van der Waals surface area contributed by atoms with Crippen molar-refractivity contribution in [3.8, 4) is 6.07 Å². The lowest BCUT2D eigenvalue weighted by Crippen LogP contribution is -2.09. The summed E-state index contributed by atoms with van der Waals surface area (Å²) in [6.45, 7) is 1.72. The van der Waals surface area contributed by atoms with E-state index in [1.54, 1.807) is 6.92 Å². The minimum absolute atomic E-state index is 0.148. The Morgan fingerprint density at radius 1 is 1.43 bits per heavy atom. The molecule has 1 N–H and O–H groups in total. The number of nitro groups is 1. The van der Waals surface area contributed by atoms with Crippen molar-refractivity contribution in [1.29, 1.82) is 5.26 Å². The van der Waals surface area contributed by atoms with E-state index in [4.69, 9.17) is 5.26 Å². The summed E-state index contributed by atoms with van der Waals surface area (Å²) in [6.07, 6.45) is 2.55. The molecule has 0 bridgehead atoms. The highest BCUT2D eigenvalue weighted by Crippen LogP contribution is 2.29. The molecule has 2 aromatic rings. The maximum Gasteiger partial charge on any atom is 0.292 e. The molecule has 0 fully saturated rings. The number of aromatic nitrogens is 1.